The molecule has 0 atom stereocenters. The summed E-state index contributed by atoms with van der Waals surface area (Å²) in [5.41, 5.74) is -4.27. The Kier molecular flexibility index (Phi) is 5.92. The first kappa shape index (κ1) is 22.3. The minimum atomic E-state index is -5.71. The Bertz CT molecular complexity index is 931. The van der Waals surface area contributed by atoms with Crippen LogP contribution in [0, 0.1) is 0 Å². The van der Waals surface area contributed by atoms with E-state index in [9.17, 15) is 21.6 Å². The maximum absolute atomic E-state index is 12.5. The predicted octanol–water partition coefficient (Wildman–Crippen LogP) is 5.97. The van der Waals surface area contributed by atoms with E-state index >= 15 is 0 Å². The molecule has 4 nitrogen and oxygen atoms in total. The third-order valence-corrected chi connectivity index (χ3v) is 10.0. The number of benzene rings is 2. The third kappa shape index (κ3) is 5.08. The van der Waals surface area contributed by atoms with E-state index in [4.69, 9.17) is 4.43 Å². The van der Waals surface area contributed by atoms with Gasteiger partial charge in [-0.1, -0.05) is 45.0 Å². The van der Waals surface area contributed by atoms with Gasteiger partial charge in [0.1, 0.15) is 11.5 Å². The summed E-state index contributed by atoms with van der Waals surface area (Å²) in [5, 5.41) is 0.0430. The molecule has 0 aromatic heterocycles. The Labute approximate surface area is 164 Å². The predicted molar refractivity (Wildman–Crippen MR) is 105 cm³/mol. The molecule has 2 aromatic rings. The molecule has 0 spiro atoms. The Balaban J connectivity index is 2.23. The van der Waals surface area contributed by atoms with E-state index in [2.05, 4.69) is 38.0 Å². The third-order valence-electron chi connectivity index (χ3n) is 4.69. The van der Waals surface area contributed by atoms with Crippen LogP contribution in [0.5, 0.6) is 11.5 Å². The molecule has 0 aliphatic carbocycles. The van der Waals surface area contributed by atoms with Crippen LogP contribution in [-0.4, -0.2) is 22.2 Å². The van der Waals surface area contributed by atoms with Crippen LogP contribution in [0.15, 0.2) is 48.5 Å². The van der Waals surface area contributed by atoms with Crippen molar-refractivity contribution in [2.24, 2.45) is 0 Å². The summed E-state index contributed by atoms with van der Waals surface area (Å²) in [4.78, 5) is 0. The summed E-state index contributed by atoms with van der Waals surface area (Å²) in [6.07, 6.45) is 0. The second-order valence-electron chi connectivity index (χ2n) is 7.90. The molecule has 0 bridgehead atoms. The smallest absolute Gasteiger partial charge is 0.534 e. The summed E-state index contributed by atoms with van der Waals surface area (Å²) >= 11 is 0. The average Bonchev–Trinajstić information content (AvgIpc) is 2.53. The van der Waals surface area contributed by atoms with Crippen LogP contribution in [-0.2, 0) is 10.1 Å². The molecule has 28 heavy (non-hydrogen) atoms. The van der Waals surface area contributed by atoms with Crippen LogP contribution in [0.25, 0.3) is 11.1 Å². The van der Waals surface area contributed by atoms with Crippen LogP contribution in [0.1, 0.15) is 20.8 Å². The molecule has 0 heterocycles. The second-order valence-corrected chi connectivity index (χ2v) is 14.2. The van der Waals surface area contributed by atoms with E-state index < -0.39 is 29.7 Å². The van der Waals surface area contributed by atoms with Gasteiger partial charge in [0, 0.05) is 0 Å². The van der Waals surface area contributed by atoms with Gasteiger partial charge in [-0.25, -0.2) is 0 Å². The topological polar surface area (TPSA) is 52.6 Å². The highest BCUT2D eigenvalue weighted by molar-refractivity contribution is 7.88. The number of hydrogen-bond acceptors (Lipinski definition) is 4. The maximum Gasteiger partial charge on any atom is 0.534 e. The minimum Gasteiger partial charge on any atom is -0.544 e. The number of halogens is 3. The van der Waals surface area contributed by atoms with Gasteiger partial charge in [0.15, 0.2) is 0 Å². The van der Waals surface area contributed by atoms with Crippen molar-refractivity contribution in [1.82, 2.24) is 0 Å². The van der Waals surface area contributed by atoms with Crippen molar-refractivity contribution < 1.29 is 30.2 Å². The lowest BCUT2D eigenvalue weighted by molar-refractivity contribution is -0.0500. The van der Waals surface area contributed by atoms with E-state index in [-0.39, 0.29) is 5.04 Å². The molecular weight excluding hydrogens is 409 g/mol. The zero-order valence-corrected chi connectivity index (χ0v) is 18.1. The van der Waals surface area contributed by atoms with Gasteiger partial charge in [-0.05, 0) is 53.5 Å². The first-order chi connectivity index (χ1) is 12.6. The quantitative estimate of drug-likeness (QED) is 0.332. The lowest BCUT2D eigenvalue weighted by Crippen LogP contribution is -2.43. The van der Waals surface area contributed by atoms with Gasteiger partial charge in [0.05, 0.1) is 0 Å². The Morgan fingerprint density at radius 1 is 0.857 bits per heavy atom. The summed E-state index contributed by atoms with van der Waals surface area (Å²) in [5.74, 6) is 0.304. The summed E-state index contributed by atoms with van der Waals surface area (Å²) < 4.78 is 70.2. The van der Waals surface area contributed by atoms with E-state index in [1.54, 1.807) is 30.3 Å². The fraction of sp³-hybridized carbons (Fsp3) is 0.368. The van der Waals surface area contributed by atoms with Gasteiger partial charge in [-0.3, -0.25) is 0 Å². The number of alkyl halides is 3. The van der Waals surface area contributed by atoms with Gasteiger partial charge in [-0.2, -0.15) is 21.6 Å². The van der Waals surface area contributed by atoms with Crippen molar-refractivity contribution in [2.75, 3.05) is 0 Å². The standard InChI is InChI=1S/C19H23F3O4SSi/c1-18(2,3)28(4,5)26-16-11-9-14(10-12-16)15-7-6-8-17(13-15)25-27(23,24)19(20,21)22/h6-13H,1-5H3. The van der Waals surface area contributed by atoms with Crippen molar-refractivity contribution >= 4 is 18.4 Å². The van der Waals surface area contributed by atoms with Gasteiger partial charge in [0.2, 0.25) is 8.32 Å². The lowest BCUT2D eigenvalue weighted by Gasteiger charge is -2.36. The molecule has 9 heteroatoms. The lowest BCUT2D eigenvalue weighted by atomic mass is 10.1. The summed E-state index contributed by atoms with van der Waals surface area (Å²) in [6, 6.07) is 12.6. The van der Waals surface area contributed by atoms with Gasteiger partial charge < -0.3 is 8.61 Å². The van der Waals surface area contributed by atoms with E-state index in [0.717, 1.165) is 6.07 Å². The maximum atomic E-state index is 12.5. The normalized spacial score (nSPS) is 13.3. The van der Waals surface area contributed by atoms with Crippen LogP contribution >= 0.6 is 0 Å². The zero-order chi connectivity index (χ0) is 21.4. The van der Waals surface area contributed by atoms with Gasteiger partial charge in [0.25, 0.3) is 0 Å². The fourth-order valence-electron chi connectivity index (χ4n) is 2.06. The van der Waals surface area contributed by atoms with E-state index in [1.807, 2.05) is 0 Å². The molecule has 0 aliphatic heterocycles. The highest BCUT2D eigenvalue weighted by Gasteiger charge is 2.48. The monoisotopic (exact) mass is 432 g/mol. The van der Waals surface area contributed by atoms with Crippen molar-refractivity contribution in [1.29, 1.82) is 0 Å². The van der Waals surface area contributed by atoms with Crippen LogP contribution in [0.4, 0.5) is 13.2 Å². The molecule has 154 valence electrons. The molecule has 0 aliphatic rings. The molecule has 0 fully saturated rings. The fourth-order valence-corrected chi connectivity index (χ4v) is 3.55. The van der Waals surface area contributed by atoms with E-state index in [1.165, 1.54) is 12.1 Å². The van der Waals surface area contributed by atoms with Gasteiger partial charge >= 0.3 is 15.6 Å². The van der Waals surface area contributed by atoms with Crippen LogP contribution < -0.4 is 8.61 Å². The molecule has 2 rings (SSSR count). The van der Waals surface area contributed by atoms with Crippen LogP contribution in [0.3, 0.4) is 0 Å². The Hall–Kier alpha value is -2.00. The number of rotatable bonds is 5. The van der Waals surface area contributed by atoms with Crippen molar-refractivity contribution in [3.63, 3.8) is 0 Å². The van der Waals surface area contributed by atoms with Crippen molar-refractivity contribution in [3.8, 4) is 22.6 Å². The first-order valence-corrected chi connectivity index (χ1v) is 12.8. The largest absolute Gasteiger partial charge is 0.544 e. The molecule has 0 unspecified atom stereocenters. The van der Waals surface area contributed by atoms with Crippen molar-refractivity contribution in [2.45, 2.75) is 44.4 Å². The minimum absolute atomic E-state index is 0.0430. The summed E-state index contributed by atoms with van der Waals surface area (Å²) in [6.45, 7) is 10.7. The average molecular weight is 433 g/mol. The van der Waals surface area contributed by atoms with Gasteiger partial charge in [-0.15, -0.1) is 0 Å². The molecule has 2 aromatic carbocycles. The molecule has 0 N–H and O–H groups in total. The second kappa shape index (κ2) is 7.44. The zero-order valence-electron chi connectivity index (χ0n) is 16.3. The Morgan fingerprint density at radius 3 is 1.93 bits per heavy atom. The summed E-state index contributed by atoms with van der Waals surface area (Å²) in [7, 11) is -7.70. The molecule has 0 radical (unpaired) electrons. The van der Waals surface area contributed by atoms with Crippen LogP contribution in [0.2, 0.25) is 18.1 Å². The SMILES string of the molecule is CC(C)(C)[Si](C)(C)Oc1ccc(-c2cccc(OS(=O)(=O)C(F)(F)F)c2)cc1. The first-order valence-electron chi connectivity index (χ1n) is 8.53. The van der Waals surface area contributed by atoms with Crippen molar-refractivity contribution in [3.05, 3.63) is 48.5 Å². The molecular formula is C19H23F3O4SSi. The molecule has 0 saturated heterocycles. The van der Waals surface area contributed by atoms with E-state index in [0.29, 0.717) is 16.9 Å². The number of hydrogen-bond donors (Lipinski definition) is 0. The molecule has 0 saturated carbocycles. The Morgan fingerprint density at radius 2 is 1.43 bits per heavy atom. The highest BCUT2D eigenvalue weighted by atomic mass is 32.2. The molecule has 0 amide bonds. The highest BCUT2D eigenvalue weighted by Crippen LogP contribution is 2.38.